The monoisotopic (exact) mass is 368 g/mol. The number of Topliss-reactive ketones (excluding diaryl/α,β-unsaturated/α-hetero) is 1. The molecule has 1 aliphatic rings. The highest BCUT2D eigenvalue weighted by atomic mass is 32.2. The summed E-state index contributed by atoms with van der Waals surface area (Å²) in [7, 11) is 1.62. The van der Waals surface area contributed by atoms with Crippen LogP contribution in [0.2, 0.25) is 0 Å². The summed E-state index contributed by atoms with van der Waals surface area (Å²) in [5.74, 6) is 1.25. The van der Waals surface area contributed by atoms with Crippen molar-refractivity contribution in [2.24, 2.45) is 4.99 Å². The number of nitrogens with zero attached hydrogens (tertiary/aromatic N) is 2. The zero-order valence-corrected chi connectivity index (χ0v) is 15.9. The fraction of sp³-hybridized carbons (Fsp3) is 0.333. The molecule has 0 radical (unpaired) electrons. The van der Waals surface area contributed by atoms with Crippen molar-refractivity contribution >= 4 is 28.4 Å². The summed E-state index contributed by atoms with van der Waals surface area (Å²) in [4.78, 5) is 19.7. The maximum absolute atomic E-state index is 12.5. The number of amidine groups is 1. The van der Waals surface area contributed by atoms with Crippen LogP contribution in [0, 0.1) is 0 Å². The fourth-order valence-corrected chi connectivity index (χ4v) is 3.84. The Morgan fingerprint density at radius 2 is 1.73 bits per heavy atom. The number of thioether (sulfide) groups is 1. The third-order valence-corrected chi connectivity index (χ3v) is 5.37. The van der Waals surface area contributed by atoms with Crippen LogP contribution in [0.25, 0.3) is 0 Å². The van der Waals surface area contributed by atoms with E-state index in [1.165, 1.54) is 31.0 Å². The van der Waals surface area contributed by atoms with Crippen LogP contribution >= 0.6 is 11.8 Å². The van der Waals surface area contributed by atoms with Crippen molar-refractivity contribution in [3.8, 4) is 5.75 Å². The van der Waals surface area contributed by atoms with E-state index in [9.17, 15) is 4.79 Å². The summed E-state index contributed by atoms with van der Waals surface area (Å²) < 4.78 is 5.15. The van der Waals surface area contributed by atoms with Gasteiger partial charge in [0.05, 0.1) is 18.6 Å². The number of carbonyl (C=O) groups excluding carboxylic acids is 1. The summed E-state index contributed by atoms with van der Waals surface area (Å²) in [5.41, 5.74) is 1.63. The van der Waals surface area contributed by atoms with Gasteiger partial charge in [0.25, 0.3) is 0 Å². The van der Waals surface area contributed by atoms with E-state index in [1.807, 2.05) is 54.6 Å². The molecule has 26 heavy (non-hydrogen) atoms. The van der Waals surface area contributed by atoms with Gasteiger partial charge in [0.15, 0.2) is 11.0 Å². The van der Waals surface area contributed by atoms with Gasteiger partial charge in [-0.2, -0.15) is 0 Å². The van der Waals surface area contributed by atoms with Crippen LogP contribution in [0.3, 0.4) is 0 Å². The molecule has 0 unspecified atom stereocenters. The van der Waals surface area contributed by atoms with Gasteiger partial charge in [0.1, 0.15) is 5.75 Å². The lowest BCUT2D eigenvalue weighted by Crippen LogP contribution is -2.34. The molecule has 2 aromatic carbocycles. The predicted molar refractivity (Wildman–Crippen MR) is 109 cm³/mol. The van der Waals surface area contributed by atoms with Crippen molar-refractivity contribution in [1.29, 1.82) is 0 Å². The Morgan fingerprint density at radius 3 is 2.38 bits per heavy atom. The molecule has 1 aliphatic heterocycles. The van der Waals surface area contributed by atoms with E-state index < -0.39 is 0 Å². The van der Waals surface area contributed by atoms with E-state index in [2.05, 4.69) is 4.90 Å². The zero-order valence-electron chi connectivity index (χ0n) is 15.1. The van der Waals surface area contributed by atoms with Gasteiger partial charge < -0.3 is 9.64 Å². The van der Waals surface area contributed by atoms with Crippen LogP contribution in [0.5, 0.6) is 5.75 Å². The van der Waals surface area contributed by atoms with Crippen LogP contribution in [-0.4, -0.2) is 41.8 Å². The molecule has 0 aliphatic carbocycles. The minimum Gasteiger partial charge on any atom is -0.497 e. The summed E-state index contributed by atoms with van der Waals surface area (Å²) in [6, 6.07) is 17.2. The van der Waals surface area contributed by atoms with E-state index >= 15 is 0 Å². The van der Waals surface area contributed by atoms with Gasteiger partial charge in [-0.15, -0.1) is 0 Å². The molecule has 136 valence electrons. The zero-order chi connectivity index (χ0) is 18.2. The van der Waals surface area contributed by atoms with Crippen molar-refractivity contribution in [3.05, 3.63) is 60.2 Å². The molecule has 0 bridgehead atoms. The molecule has 0 atom stereocenters. The number of ketones is 1. The molecule has 3 rings (SSSR count). The maximum Gasteiger partial charge on any atom is 0.173 e. The molecule has 1 fully saturated rings. The second-order valence-electron chi connectivity index (χ2n) is 6.22. The number of hydrogen-bond acceptors (Lipinski definition) is 4. The number of likely N-dealkylation sites (tertiary alicyclic amines) is 1. The van der Waals surface area contributed by atoms with E-state index in [4.69, 9.17) is 9.73 Å². The quantitative estimate of drug-likeness (QED) is 0.432. The highest BCUT2D eigenvalue weighted by Crippen LogP contribution is 2.22. The standard InChI is InChI=1S/C21H24N2O2S/c1-25-19-12-10-17(11-13-19)20(24)16-26-21(23-14-6-3-7-15-23)22-18-8-4-2-5-9-18/h2,4-5,8-13H,3,6-7,14-16H2,1H3. The summed E-state index contributed by atoms with van der Waals surface area (Å²) in [5, 5.41) is 0.942. The van der Waals surface area contributed by atoms with Gasteiger partial charge in [0.2, 0.25) is 0 Å². The molecule has 0 N–H and O–H groups in total. The van der Waals surface area contributed by atoms with Crippen molar-refractivity contribution in [3.63, 3.8) is 0 Å². The van der Waals surface area contributed by atoms with E-state index in [0.29, 0.717) is 11.3 Å². The van der Waals surface area contributed by atoms with Crippen molar-refractivity contribution < 1.29 is 9.53 Å². The predicted octanol–water partition coefficient (Wildman–Crippen LogP) is 4.78. The van der Waals surface area contributed by atoms with Crippen LogP contribution in [0.1, 0.15) is 29.6 Å². The van der Waals surface area contributed by atoms with E-state index in [0.717, 1.165) is 29.7 Å². The van der Waals surface area contributed by atoms with Gasteiger partial charge in [-0.1, -0.05) is 30.0 Å². The Balaban J connectivity index is 1.70. The molecule has 0 saturated carbocycles. The Bertz CT molecular complexity index is 738. The number of piperidine rings is 1. The topological polar surface area (TPSA) is 41.9 Å². The maximum atomic E-state index is 12.5. The Kier molecular flexibility index (Phi) is 6.72. The van der Waals surface area contributed by atoms with Crippen LogP contribution < -0.4 is 4.74 Å². The van der Waals surface area contributed by atoms with Crippen LogP contribution in [0.4, 0.5) is 5.69 Å². The van der Waals surface area contributed by atoms with E-state index in [-0.39, 0.29) is 5.78 Å². The number of carbonyl (C=O) groups is 1. The summed E-state index contributed by atoms with van der Waals surface area (Å²) in [6.45, 7) is 2.02. The first kappa shape index (κ1) is 18.5. The Labute approximate surface area is 159 Å². The number of aliphatic imine (C=N–C) groups is 1. The molecular weight excluding hydrogens is 344 g/mol. The van der Waals surface area contributed by atoms with Crippen molar-refractivity contribution in [2.75, 3.05) is 26.0 Å². The van der Waals surface area contributed by atoms with Gasteiger partial charge in [0, 0.05) is 18.7 Å². The van der Waals surface area contributed by atoms with Gasteiger partial charge in [-0.3, -0.25) is 4.79 Å². The largest absolute Gasteiger partial charge is 0.497 e. The lowest BCUT2D eigenvalue weighted by molar-refractivity contribution is 0.102. The Hall–Kier alpha value is -2.27. The highest BCUT2D eigenvalue weighted by Gasteiger charge is 2.17. The van der Waals surface area contributed by atoms with Crippen LogP contribution in [-0.2, 0) is 0 Å². The third-order valence-electron chi connectivity index (χ3n) is 4.35. The smallest absolute Gasteiger partial charge is 0.173 e. The number of methoxy groups -OCH3 is 1. The molecule has 1 saturated heterocycles. The highest BCUT2D eigenvalue weighted by molar-refractivity contribution is 8.14. The SMILES string of the molecule is COc1ccc(C(=O)CSC(=Nc2ccccc2)N2CCCCC2)cc1. The average Bonchev–Trinajstić information content (AvgIpc) is 2.72. The number of para-hydroxylation sites is 1. The first-order chi connectivity index (χ1) is 12.8. The van der Waals surface area contributed by atoms with Gasteiger partial charge in [-0.05, 0) is 55.7 Å². The molecule has 4 nitrogen and oxygen atoms in total. The minimum atomic E-state index is 0.107. The summed E-state index contributed by atoms with van der Waals surface area (Å²) in [6.07, 6.45) is 3.63. The molecule has 2 aromatic rings. The number of hydrogen-bond donors (Lipinski definition) is 0. The molecule has 0 spiro atoms. The van der Waals surface area contributed by atoms with Crippen molar-refractivity contribution in [2.45, 2.75) is 19.3 Å². The molecule has 0 aromatic heterocycles. The first-order valence-electron chi connectivity index (χ1n) is 8.95. The van der Waals surface area contributed by atoms with E-state index in [1.54, 1.807) is 7.11 Å². The lowest BCUT2D eigenvalue weighted by atomic mass is 10.1. The van der Waals surface area contributed by atoms with Gasteiger partial charge >= 0.3 is 0 Å². The molecular formula is C21H24N2O2S. The lowest BCUT2D eigenvalue weighted by Gasteiger charge is -2.29. The normalized spacial score (nSPS) is 15.0. The minimum absolute atomic E-state index is 0.107. The van der Waals surface area contributed by atoms with Crippen LogP contribution in [0.15, 0.2) is 59.6 Å². The number of rotatable bonds is 5. The summed E-state index contributed by atoms with van der Waals surface area (Å²) >= 11 is 1.53. The number of ether oxygens (including phenoxy) is 1. The van der Waals surface area contributed by atoms with Crippen molar-refractivity contribution in [1.82, 2.24) is 4.90 Å². The average molecular weight is 369 g/mol. The second-order valence-corrected chi connectivity index (χ2v) is 7.16. The molecule has 0 amide bonds. The second kappa shape index (κ2) is 9.43. The Morgan fingerprint density at radius 1 is 1.04 bits per heavy atom. The fourth-order valence-electron chi connectivity index (χ4n) is 2.88. The molecule has 5 heteroatoms. The van der Waals surface area contributed by atoms with Gasteiger partial charge in [-0.25, -0.2) is 4.99 Å². The molecule has 1 heterocycles. The number of benzene rings is 2. The first-order valence-corrected chi connectivity index (χ1v) is 9.93. The third kappa shape index (κ3) is 5.11.